The molecule has 90 valence electrons. The molecule has 0 spiro atoms. The molecule has 0 bridgehead atoms. The number of rotatable bonds is 5. The summed E-state index contributed by atoms with van der Waals surface area (Å²) in [5.41, 5.74) is 5.66. The zero-order valence-corrected chi connectivity index (χ0v) is 10.2. The summed E-state index contributed by atoms with van der Waals surface area (Å²) < 4.78 is 0. The highest BCUT2D eigenvalue weighted by Gasteiger charge is 2.24. The summed E-state index contributed by atoms with van der Waals surface area (Å²) in [4.78, 5) is 11.7. The third kappa shape index (κ3) is 6.47. The lowest BCUT2D eigenvalue weighted by atomic mass is 9.84. The highest BCUT2D eigenvalue weighted by molar-refractivity contribution is 5.79. The van der Waals surface area contributed by atoms with Crippen molar-refractivity contribution in [1.82, 2.24) is 5.32 Å². The van der Waals surface area contributed by atoms with Crippen LogP contribution in [0.25, 0.3) is 0 Å². The van der Waals surface area contributed by atoms with E-state index in [0.717, 1.165) is 6.42 Å². The van der Waals surface area contributed by atoms with Gasteiger partial charge in [0.25, 0.3) is 0 Å². The second-order valence-electron chi connectivity index (χ2n) is 5.29. The molecule has 0 aliphatic heterocycles. The van der Waals surface area contributed by atoms with Crippen molar-refractivity contribution in [3.63, 3.8) is 0 Å². The lowest BCUT2D eigenvalue weighted by Crippen LogP contribution is -2.42. The number of carbonyl (C=O) groups excluding carboxylic acids is 1. The Morgan fingerprint density at radius 1 is 1.47 bits per heavy atom. The number of amides is 1. The highest BCUT2D eigenvalue weighted by atomic mass is 16.3. The second-order valence-corrected chi connectivity index (χ2v) is 5.29. The molecule has 0 aromatic carbocycles. The van der Waals surface area contributed by atoms with Crippen molar-refractivity contribution in [3.05, 3.63) is 0 Å². The van der Waals surface area contributed by atoms with Crippen molar-refractivity contribution in [2.75, 3.05) is 13.2 Å². The van der Waals surface area contributed by atoms with Gasteiger partial charge in [-0.05, 0) is 18.8 Å². The fourth-order valence-electron chi connectivity index (χ4n) is 1.43. The Morgan fingerprint density at radius 3 is 2.33 bits per heavy atom. The first-order valence-corrected chi connectivity index (χ1v) is 5.41. The largest absolute Gasteiger partial charge is 0.394 e. The van der Waals surface area contributed by atoms with Crippen LogP contribution in [0.15, 0.2) is 0 Å². The van der Waals surface area contributed by atoms with Crippen LogP contribution in [0.5, 0.6) is 0 Å². The summed E-state index contributed by atoms with van der Waals surface area (Å²) in [5, 5.41) is 11.6. The molecule has 0 heterocycles. The van der Waals surface area contributed by atoms with Crippen molar-refractivity contribution in [3.8, 4) is 0 Å². The SMILES string of the molecule is C[C@@H](CO)NC(=O)C(CN)CC(C)(C)C. The predicted octanol–water partition coefficient (Wildman–Crippen LogP) is 0.494. The number of nitrogens with two attached hydrogens (primary N) is 1. The van der Waals surface area contributed by atoms with Crippen molar-refractivity contribution in [2.45, 2.75) is 40.2 Å². The van der Waals surface area contributed by atoms with Gasteiger partial charge in [-0.15, -0.1) is 0 Å². The average molecular weight is 216 g/mol. The minimum Gasteiger partial charge on any atom is -0.394 e. The van der Waals surface area contributed by atoms with Crippen LogP contribution in [0, 0.1) is 11.3 Å². The molecular formula is C11H24N2O2. The molecule has 1 unspecified atom stereocenters. The first-order chi connectivity index (χ1) is 6.80. The van der Waals surface area contributed by atoms with Crippen LogP contribution in [0.2, 0.25) is 0 Å². The molecule has 0 aliphatic rings. The summed E-state index contributed by atoms with van der Waals surface area (Å²) in [5.74, 6) is -0.229. The van der Waals surface area contributed by atoms with E-state index in [2.05, 4.69) is 26.1 Å². The molecule has 0 fully saturated rings. The molecule has 0 saturated carbocycles. The van der Waals surface area contributed by atoms with E-state index in [1.165, 1.54) is 0 Å². The van der Waals surface area contributed by atoms with Gasteiger partial charge in [-0.1, -0.05) is 20.8 Å². The van der Waals surface area contributed by atoms with Gasteiger partial charge >= 0.3 is 0 Å². The zero-order chi connectivity index (χ0) is 12.1. The van der Waals surface area contributed by atoms with Gasteiger partial charge in [-0.25, -0.2) is 0 Å². The quantitative estimate of drug-likeness (QED) is 0.626. The normalized spacial score (nSPS) is 15.9. The van der Waals surface area contributed by atoms with Crippen molar-refractivity contribution in [2.24, 2.45) is 17.1 Å². The monoisotopic (exact) mass is 216 g/mol. The number of hydrogen-bond donors (Lipinski definition) is 3. The van der Waals surface area contributed by atoms with Crippen LogP contribution >= 0.6 is 0 Å². The van der Waals surface area contributed by atoms with Gasteiger partial charge < -0.3 is 16.2 Å². The smallest absolute Gasteiger partial charge is 0.224 e. The van der Waals surface area contributed by atoms with E-state index in [9.17, 15) is 4.79 Å². The Bertz CT molecular complexity index is 199. The Balaban J connectivity index is 4.23. The molecule has 4 nitrogen and oxygen atoms in total. The summed E-state index contributed by atoms with van der Waals surface area (Å²) in [6, 6.07) is -0.202. The van der Waals surface area contributed by atoms with E-state index >= 15 is 0 Å². The molecule has 0 radical (unpaired) electrons. The van der Waals surface area contributed by atoms with Crippen LogP contribution in [-0.2, 0) is 4.79 Å². The van der Waals surface area contributed by atoms with Gasteiger partial charge in [-0.2, -0.15) is 0 Å². The molecule has 0 rings (SSSR count). The zero-order valence-electron chi connectivity index (χ0n) is 10.2. The first-order valence-electron chi connectivity index (χ1n) is 5.41. The highest BCUT2D eigenvalue weighted by Crippen LogP contribution is 2.23. The van der Waals surface area contributed by atoms with Crippen LogP contribution < -0.4 is 11.1 Å². The van der Waals surface area contributed by atoms with Gasteiger partial charge in [0.2, 0.25) is 5.91 Å². The van der Waals surface area contributed by atoms with Crippen molar-refractivity contribution in [1.29, 1.82) is 0 Å². The van der Waals surface area contributed by atoms with Gasteiger partial charge in [0.1, 0.15) is 0 Å². The second kappa shape index (κ2) is 6.08. The summed E-state index contributed by atoms with van der Waals surface area (Å²) in [6.45, 7) is 8.32. The van der Waals surface area contributed by atoms with E-state index in [1.807, 2.05) is 0 Å². The lowest BCUT2D eigenvalue weighted by Gasteiger charge is -2.25. The number of aliphatic hydroxyl groups excluding tert-OH is 1. The Morgan fingerprint density at radius 2 is 2.00 bits per heavy atom. The van der Waals surface area contributed by atoms with Gasteiger partial charge in [-0.3, -0.25) is 4.79 Å². The molecule has 2 atom stereocenters. The minimum atomic E-state index is -0.202. The molecule has 15 heavy (non-hydrogen) atoms. The molecule has 0 aromatic heterocycles. The van der Waals surface area contributed by atoms with Crippen LogP contribution in [-0.4, -0.2) is 30.2 Å². The topological polar surface area (TPSA) is 75.3 Å². The third-order valence-corrected chi connectivity index (χ3v) is 2.18. The fourth-order valence-corrected chi connectivity index (χ4v) is 1.43. The number of nitrogens with one attached hydrogen (secondary N) is 1. The molecule has 1 amide bonds. The standard InChI is InChI=1S/C11H24N2O2/c1-8(7-14)13-10(15)9(6-12)5-11(2,3)4/h8-9,14H,5-7,12H2,1-4H3,(H,13,15)/t8-,9?/m0/s1. The summed E-state index contributed by atoms with van der Waals surface area (Å²) in [7, 11) is 0. The Kier molecular flexibility index (Phi) is 5.83. The van der Waals surface area contributed by atoms with E-state index in [4.69, 9.17) is 10.8 Å². The van der Waals surface area contributed by atoms with Crippen LogP contribution in [0.3, 0.4) is 0 Å². The molecule has 4 heteroatoms. The Hall–Kier alpha value is -0.610. The number of carbonyl (C=O) groups is 1. The maximum Gasteiger partial charge on any atom is 0.224 e. The number of aliphatic hydroxyl groups is 1. The lowest BCUT2D eigenvalue weighted by molar-refractivity contribution is -0.126. The van der Waals surface area contributed by atoms with Crippen LogP contribution in [0.1, 0.15) is 34.1 Å². The molecule has 0 aliphatic carbocycles. The predicted molar refractivity (Wildman–Crippen MR) is 61.3 cm³/mol. The molecule has 0 saturated heterocycles. The Labute approximate surface area is 92.2 Å². The minimum absolute atomic E-state index is 0.0431. The summed E-state index contributed by atoms with van der Waals surface area (Å²) >= 11 is 0. The molecular weight excluding hydrogens is 192 g/mol. The van der Waals surface area contributed by atoms with Gasteiger partial charge in [0.05, 0.1) is 12.5 Å². The maximum atomic E-state index is 11.7. The fraction of sp³-hybridized carbons (Fsp3) is 0.909. The maximum absolute atomic E-state index is 11.7. The number of hydrogen-bond acceptors (Lipinski definition) is 3. The van der Waals surface area contributed by atoms with E-state index in [1.54, 1.807) is 6.92 Å². The summed E-state index contributed by atoms with van der Waals surface area (Å²) in [6.07, 6.45) is 0.757. The first kappa shape index (κ1) is 14.4. The van der Waals surface area contributed by atoms with Crippen molar-refractivity contribution >= 4 is 5.91 Å². The van der Waals surface area contributed by atoms with Crippen LogP contribution in [0.4, 0.5) is 0 Å². The van der Waals surface area contributed by atoms with Crippen molar-refractivity contribution < 1.29 is 9.90 Å². The van der Waals surface area contributed by atoms with Gasteiger partial charge in [0.15, 0.2) is 0 Å². The van der Waals surface area contributed by atoms with E-state index in [-0.39, 0.29) is 29.9 Å². The van der Waals surface area contributed by atoms with Gasteiger partial charge in [0, 0.05) is 12.6 Å². The average Bonchev–Trinajstić information content (AvgIpc) is 2.12. The van der Waals surface area contributed by atoms with E-state index in [0.29, 0.717) is 6.54 Å². The van der Waals surface area contributed by atoms with E-state index < -0.39 is 0 Å². The third-order valence-electron chi connectivity index (χ3n) is 2.18. The molecule has 4 N–H and O–H groups in total. The molecule has 0 aromatic rings.